The van der Waals surface area contributed by atoms with Crippen molar-refractivity contribution in [1.82, 2.24) is 9.97 Å². The van der Waals surface area contributed by atoms with Crippen molar-refractivity contribution in [2.24, 2.45) is 0 Å². The minimum absolute atomic E-state index is 0. The number of hydrogen-bond acceptors (Lipinski definition) is 3. The van der Waals surface area contributed by atoms with E-state index in [2.05, 4.69) is 61.5 Å². The summed E-state index contributed by atoms with van der Waals surface area (Å²) in [7, 11) is 0. The van der Waals surface area contributed by atoms with Crippen LogP contribution in [-0.2, 0) is 30.3 Å². The molecule has 0 aliphatic heterocycles. The van der Waals surface area contributed by atoms with Crippen LogP contribution in [0.4, 0.5) is 0 Å². The maximum Gasteiger partial charge on any atom is 0.155 e. The largest absolute Gasteiger partial charge is 0.662 e. The Bertz CT molecular complexity index is 1350. The summed E-state index contributed by atoms with van der Waals surface area (Å²) >= 11 is 0. The van der Waals surface area contributed by atoms with Crippen LogP contribution in [0.2, 0.25) is 0 Å². The van der Waals surface area contributed by atoms with Crippen LogP contribution in [0.3, 0.4) is 0 Å². The Hall–Kier alpha value is -3.27. The fourth-order valence-corrected chi connectivity index (χ4v) is 5.25. The molecule has 1 radical (unpaired) electrons. The van der Waals surface area contributed by atoms with Gasteiger partial charge in [0.1, 0.15) is 0 Å². The summed E-state index contributed by atoms with van der Waals surface area (Å²) in [5, 5.41) is 8.36. The standard InChI is InChI=1S/C23H15N2.C5H8O2.Ir/c1-14-13-25-22-20(14)23(19-11-6-12-24-21(19)22)17-9-4-2-7-15(17)16-8-3-5-10-18(16)23;1-4(6)3-5(2)7;/h2-13H,1H3;3,6H,1-2H3;/q-1;;/b;4-3-;. The first-order valence-corrected chi connectivity index (χ1v) is 10.6. The predicted octanol–water partition coefficient (Wildman–Crippen LogP) is 5.73. The third-order valence-corrected chi connectivity index (χ3v) is 6.19. The Morgan fingerprint density at radius 1 is 0.939 bits per heavy atom. The number of nitrogens with zero attached hydrogens (tertiary/aromatic N) is 2. The van der Waals surface area contributed by atoms with E-state index < -0.39 is 0 Å². The minimum atomic E-state index is -0.285. The number of allylic oxidation sites excluding steroid dienone is 2. The molecule has 0 atom stereocenters. The Morgan fingerprint density at radius 2 is 1.52 bits per heavy atom. The van der Waals surface area contributed by atoms with Gasteiger partial charge in [0, 0.05) is 32.4 Å². The molecule has 0 unspecified atom stereocenters. The van der Waals surface area contributed by atoms with E-state index in [1.54, 1.807) is 0 Å². The number of benzene rings is 2. The number of carbonyl (C=O) groups is 1. The van der Waals surface area contributed by atoms with Gasteiger partial charge in [-0.05, 0) is 60.2 Å². The topological polar surface area (TPSA) is 64.3 Å². The summed E-state index contributed by atoms with van der Waals surface area (Å²) in [4.78, 5) is 19.5. The molecule has 1 spiro atoms. The zero-order chi connectivity index (χ0) is 22.5. The molecule has 2 aromatic carbocycles. The fourth-order valence-electron chi connectivity index (χ4n) is 5.25. The van der Waals surface area contributed by atoms with Gasteiger partial charge in [0.05, 0.1) is 16.9 Å². The molecule has 1 N–H and O–H groups in total. The first-order valence-electron chi connectivity index (χ1n) is 10.6. The number of ketones is 1. The maximum absolute atomic E-state index is 10.0. The van der Waals surface area contributed by atoms with Crippen LogP contribution in [-0.4, -0.2) is 15.9 Å². The van der Waals surface area contributed by atoms with Crippen molar-refractivity contribution < 1.29 is 30.0 Å². The van der Waals surface area contributed by atoms with Gasteiger partial charge in [0.2, 0.25) is 0 Å². The molecule has 0 bridgehead atoms. The zero-order valence-electron chi connectivity index (χ0n) is 18.6. The molecule has 0 amide bonds. The molecule has 2 aromatic heterocycles. The molecule has 0 saturated heterocycles. The van der Waals surface area contributed by atoms with Crippen molar-refractivity contribution in [3.63, 3.8) is 0 Å². The van der Waals surface area contributed by atoms with Gasteiger partial charge in [0.25, 0.3) is 0 Å². The number of fused-ring (bicyclic) bond motifs is 10. The first-order chi connectivity index (χ1) is 15.5. The molecule has 4 aromatic rings. The molecule has 33 heavy (non-hydrogen) atoms. The SMILES string of the molecule is CC(=O)/C=C(/C)O.Cc1c[n-]c2c1C1(c3ccccc3-c3ccccc31)c1cccnc1-2.[Ir]. The Morgan fingerprint density at radius 3 is 2.06 bits per heavy atom. The average Bonchev–Trinajstić information content (AvgIpc) is 3.39. The van der Waals surface area contributed by atoms with E-state index in [4.69, 9.17) is 15.1 Å². The van der Waals surface area contributed by atoms with Gasteiger partial charge < -0.3 is 10.1 Å². The molecule has 0 fully saturated rings. The van der Waals surface area contributed by atoms with Crippen molar-refractivity contribution in [1.29, 1.82) is 0 Å². The van der Waals surface area contributed by atoms with Crippen LogP contribution in [0.15, 0.2) is 84.9 Å². The molecule has 5 heteroatoms. The molecule has 0 saturated carbocycles. The number of hydrogen-bond donors (Lipinski definition) is 1. The van der Waals surface area contributed by atoms with Gasteiger partial charge in [-0.25, -0.2) is 0 Å². The maximum atomic E-state index is 10.0. The molecule has 4 nitrogen and oxygen atoms in total. The van der Waals surface area contributed by atoms with Gasteiger partial charge >= 0.3 is 0 Å². The molecule has 167 valence electrons. The number of aliphatic hydroxyl groups excluding tert-OH is 1. The number of aryl methyl sites for hydroxylation is 1. The second kappa shape index (κ2) is 8.58. The quantitative estimate of drug-likeness (QED) is 0.191. The van der Waals surface area contributed by atoms with Crippen LogP contribution in [0, 0.1) is 6.92 Å². The minimum Gasteiger partial charge on any atom is -0.662 e. The number of aliphatic hydroxyl groups is 1. The van der Waals surface area contributed by atoms with Gasteiger partial charge in [-0.3, -0.25) is 9.78 Å². The number of rotatable bonds is 1. The molecular formula is C28H23IrN2O2-. The van der Waals surface area contributed by atoms with E-state index in [-0.39, 0.29) is 37.1 Å². The molecule has 6 rings (SSSR count). The monoisotopic (exact) mass is 612 g/mol. The van der Waals surface area contributed by atoms with Crippen molar-refractivity contribution >= 4 is 5.78 Å². The summed E-state index contributed by atoms with van der Waals surface area (Å²) in [5.74, 6) is -0.0625. The van der Waals surface area contributed by atoms with E-state index in [1.807, 2.05) is 18.5 Å². The van der Waals surface area contributed by atoms with Crippen molar-refractivity contribution in [3.8, 4) is 22.5 Å². The number of pyridine rings is 1. The van der Waals surface area contributed by atoms with E-state index in [1.165, 1.54) is 58.9 Å². The third-order valence-electron chi connectivity index (χ3n) is 6.19. The van der Waals surface area contributed by atoms with Gasteiger partial charge in [-0.2, -0.15) is 6.20 Å². The zero-order valence-corrected chi connectivity index (χ0v) is 21.0. The summed E-state index contributed by atoms with van der Waals surface area (Å²) in [6, 6.07) is 21.8. The van der Waals surface area contributed by atoms with Crippen LogP contribution >= 0.6 is 0 Å². The average molecular weight is 612 g/mol. The van der Waals surface area contributed by atoms with E-state index in [0.29, 0.717) is 0 Å². The molecular weight excluding hydrogens is 589 g/mol. The summed E-state index contributed by atoms with van der Waals surface area (Å²) < 4.78 is 0. The molecule has 2 heterocycles. The fraction of sp³-hybridized carbons (Fsp3) is 0.143. The van der Waals surface area contributed by atoms with Crippen LogP contribution < -0.4 is 4.98 Å². The van der Waals surface area contributed by atoms with Crippen molar-refractivity contribution in [3.05, 3.63) is 113 Å². The normalized spacial score (nSPS) is 13.7. The number of carbonyl (C=O) groups excluding carboxylic acids is 1. The summed E-state index contributed by atoms with van der Waals surface area (Å²) in [6.45, 7) is 5.02. The van der Waals surface area contributed by atoms with Crippen molar-refractivity contribution in [2.75, 3.05) is 0 Å². The van der Waals surface area contributed by atoms with Crippen LogP contribution in [0.25, 0.3) is 22.5 Å². The second-order valence-electron chi connectivity index (χ2n) is 8.30. The predicted molar refractivity (Wildman–Crippen MR) is 126 cm³/mol. The smallest absolute Gasteiger partial charge is 0.155 e. The van der Waals surface area contributed by atoms with Gasteiger partial charge in [0.15, 0.2) is 5.78 Å². The third kappa shape index (κ3) is 3.31. The Labute approximate surface area is 206 Å². The molecule has 2 aliphatic carbocycles. The van der Waals surface area contributed by atoms with Crippen LogP contribution in [0.1, 0.15) is 41.7 Å². The van der Waals surface area contributed by atoms with E-state index >= 15 is 0 Å². The number of aromatic nitrogens is 2. The Balaban J connectivity index is 0.000000287. The second-order valence-corrected chi connectivity index (χ2v) is 8.30. The molecule has 2 aliphatic rings. The van der Waals surface area contributed by atoms with Gasteiger partial charge in [-0.15, -0.1) is 5.69 Å². The van der Waals surface area contributed by atoms with Crippen molar-refractivity contribution in [2.45, 2.75) is 26.2 Å². The van der Waals surface area contributed by atoms with E-state index in [9.17, 15) is 4.79 Å². The van der Waals surface area contributed by atoms with Crippen LogP contribution in [0.5, 0.6) is 0 Å². The first kappa shape index (κ1) is 22.9. The van der Waals surface area contributed by atoms with Gasteiger partial charge in [-0.1, -0.05) is 60.2 Å². The Kier molecular flexibility index (Phi) is 5.96. The van der Waals surface area contributed by atoms with E-state index in [0.717, 1.165) is 11.4 Å². The summed E-state index contributed by atoms with van der Waals surface area (Å²) in [5.41, 5.74) is 10.9. The summed E-state index contributed by atoms with van der Waals surface area (Å²) in [6.07, 6.45) is 5.03.